The minimum atomic E-state index is -0.632. The van der Waals surface area contributed by atoms with Crippen molar-refractivity contribution in [3.05, 3.63) is 29.4 Å². The zero-order valence-corrected chi connectivity index (χ0v) is 8.20. The molecular formula is C10H8FNO3. The lowest BCUT2D eigenvalue weighted by Crippen LogP contribution is -2.02. The van der Waals surface area contributed by atoms with Crippen LogP contribution in [0.5, 0.6) is 0 Å². The maximum absolute atomic E-state index is 13.1. The molecule has 1 heterocycles. The predicted octanol–water partition coefficient (Wildman–Crippen LogP) is 2.06. The van der Waals surface area contributed by atoms with E-state index in [2.05, 4.69) is 9.72 Å². The summed E-state index contributed by atoms with van der Waals surface area (Å²) in [5.41, 5.74) is 0.637. The average Bonchev–Trinajstić information content (AvgIpc) is 2.55. The maximum atomic E-state index is 13.1. The molecular weight excluding hydrogens is 201 g/mol. The molecule has 0 atom stereocenters. The Bertz CT molecular complexity index is 533. The van der Waals surface area contributed by atoms with Crippen LogP contribution in [0, 0.1) is 12.7 Å². The molecule has 0 saturated heterocycles. The van der Waals surface area contributed by atoms with Crippen molar-refractivity contribution in [3.8, 4) is 0 Å². The van der Waals surface area contributed by atoms with E-state index < -0.39 is 11.8 Å². The van der Waals surface area contributed by atoms with Gasteiger partial charge in [-0.2, -0.15) is 0 Å². The van der Waals surface area contributed by atoms with E-state index in [-0.39, 0.29) is 11.1 Å². The SMILES string of the molecule is COC(=O)c1cc(F)cc2oc(C)nc12. The number of aryl methyl sites for hydroxylation is 1. The fraction of sp³-hybridized carbons (Fsp3) is 0.200. The second kappa shape index (κ2) is 3.34. The molecule has 5 heteroatoms. The summed E-state index contributed by atoms with van der Waals surface area (Å²) in [5, 5.41) is 0. The summed E-state index contributed by atoms with van der Waals surface area (Å²) in [4.78, 5) is 15.3. The summed E-state index contributed by atoms with van der Waals surface area (Å²) in [6.07, 6.45) is 0. The van der Waals surface area contributed by atoms with Crippen LogP contribution in [0.2, 0.25) is 0 Å². The van der Waals surface area contributed by atoms with Gasteiger partial charge in [0.15, 0.2) is 11.5 Å². The standard InChI is InChI=1S/C10H8FNO3/c1-5-12-9-7(10(13)14-2)3-6(11)4-8(9)15-5/h3-4H,1-2H3. The van der Waals surface area contributed by atoms with Gasteiger partial charge in [-0.05, 0) is 6.07 Å². The molecule has 0 N–H and O–H groups in total. The monoisotopic (exact) mass is 209 g/mol. The largest absolute Gasteiger partial charge is 0.465 e. The molecule has 0 aliphatic carbocycles. The Morgan fingerprint density at radius 3 is 2.93 bits per heavy atom. The molecule has 1 aromatic carbocycles. The number of aromatic nitrogens is 1. The highest BCUT2D eigenvalue weighted by molar-refractivity contribution is 6.01. The van der Waals surface area contributed by atoms with Crippen molar-refractivity contribution in [2.24, 2.45) is 0 Å². The molecule has 15 heavy (non-hydrogen) atoms. The minimum absolute atomic E-state index is 0.0735. The number of nitrogens with zero attached hydrogens (tertiary/aromatic N) is 1. The van der Waals surface area contributed by atoms with Crippen LogP contribution in [-0.2, 0) is 4.74 Å². The first kappa shape index (κ1) is 9.64. The van der Waals surface area contributed by atoms with Crippen molar-refractivity contribution in [1.82, 2.24) is 4.98 Å². The van der Waals surface area contributed by atoms with Crippen molar-refractivity contribution in [3.63, 3.8) is 0 Å². The molecule has 0 amide bonds. The number of halogens is 1. The first-order valence-corrected chi connectivity index (χ1v) is 4.27. The Hall–Kier alpha value is -1.91. The van der Waals surface area contributed by atoms with Gasteiger partial charge in [0.2, 0.25) is 0 Å². The molecule has 0 bridgehead atoms. The Morgan fingerprint density at radius 1 is 1.53 bits per heavy atom. The summed E-state index contributed by atoms with van der Waals surface area (Å²) in [6, 6.07) is 2.26. The summed E-state index contributed by atoms with van der Waals surface area (Å²) in [6.45, 7) is 1.62. The topological polar surface area (TPSA) is 52.3 Å². The number of esters is 1. The molecule has 0 radical (unpaired) electrons. The number of benzene rings is 1. The van der Waals surface area contributed by atoms with Gasteiger partial charge >= 0.3 is 5.97 Å². The third-order valence-corrected chi connectivity index (χ3v) is 1.97. The highest BCUT2D eigenvalue weighted by Crippen LogP contribution is 2.21. The molecule has 0 unspecified atom stereocenters. The van der Waals surface area contributed by atoms with Gasteiger partial charge in [0, 0.05) is 13.0 Å². The molecule has 4 nitrogen and oxygen atoms in total. The molecule has 0 spiro atoms. The number of methoxy groups -OCH3 is 1. The zero-order chi connectivity index (χ0) is 11.0. The second-order valence-corrected chi connectivity index (χ2v) is 3.02. The van der Waals surface area contributed by atoms with Gasteiger partial charge in [-0.15, -0.1) is 0 Å². The molecule has 2 rings (SSSR count). The van der Waals surface area contributed by atoms with E-state index in [1.54, 1.807) is 6.92 Å². The first-order valence-electron chi connectivity index (χ1n) is 4.27. The average molecular weight is 209 g/mol. The summed E-state index contributed by atoms with van der Waals surface area (Å²) in [5.74, 6) is -0.812. The fourth-order valence-corrected chi connectivity index (χ4v) is 1.37. The molecule has 0 aliphatic rings. The zero-order valence-electron chi connectivity index (χ0n) is 8.20. The summed E-state index contributed by atoms with van der Waals surface area (Å²) >= 11 is 0. The Balaban J connectivity index is 2.75. The van der Waals surface area contributed by atoms with Crippen molar-refractivity contribution >= 4 is 17.1 Å². The number of hydrogen-bond donors (Lipinski definition) is 0. The van der Waals surface area contributed by atoms with E-state index in [9.17, 15) is 9.18 Å². The third-order valence-electron chi connectivity index (χ3n) is 1.97. The number of fused-ring (bicyclic) bond motifs is 1. The van der Waals surface area contributed by atoms with Gasteiger partial charge < -0.3 is 9.15 Å². The lowest BCUT2D eigenvalue weighted by atomic mass is 10.2. The van der Waals surface area contributed by atoms with E-state index >= 15 is 0 Å². The van der Waals surface area contributed by atoms with E-state index in [0.717, 1.165) is 6.07 Å². The van der Waals surface area contributed by atoms with E-state index in [1.807, 2.05) is 0 Å². The summed E-state index contributed by atoms with van der Waals surface area (Å²) in [7, 11) is 1.23. The van der Waals surface area contributed by atoms with Gasteiger partial charge in [0.25, 0.3) is 0 Å². The number of oxazole rings is 1. The number of hydrogen-bond acceptors (Lipinski definition) is 4. The van der Waals surface area contributed by atoms with Crippen LogP contribution in [0.15, 0.2) is 16.5 Å². The molecule has 0 saturated carbocycles. The van der Waals surface area contributed by atoms with Crippen LogP contribution in [-0.4, -0.2) is 18.1 Å². The second-order valence-electron chi connectivity index (χ2n) is 3.02. The van der Waals surface area contributed by atoms with Gasteiger partial charge in [-0.1, -0.05) is 0 Å². The van der Waals surface area contributed by atoms with Crippen LogP contribution in [0.3, 0.4) is 0 Å². The minimum Gasteiger partial charge on any atom is -0.465 e. The van der Waals surface area contributed by atoms with Crippen molar-refractivity contribution in [1.29, 1.82) is 0 Å². The highest BCUT2D eigenvalue weighted by Gasteiger charge is 2.16. The van der Waals surface area contributed by atoms with E-state index in [1.165, 1.54) is 13.2 Å². The predicted molar refractivity (Wildman–Crippen MR) is 50.0 cm³/mol. The van der Waals surface area contributed by atoms with Crippen LogP contribution >= 0.6 is 0 Å². The number of ether oxygens (including phenoxy) is 1. The Labute approximate surface area is 84.7 Å². The van der Waals surface area contributed by atoms with Crippen LogP contribution in [0.1, 0.15) is 16.2 Å². The molecule has 78 valence electrons. The van der Waals surface area contributed by atoms with E-state index in [0.29, 0.717) is 11.4 Å². The van der Waals surface area contributed by atoms with Crippen molar-refractivity contribution in [2.75, 3.05) is 7.11 Å². The van der Waals surface area contributed by atoms with Gasteiger partial charge in [0.1, 0.15) is 11.3 Å². The van der Waals surface area contributed by atoms with Crippen LogP contribution in [0.4, 0.5) is 4.39 Å². The highest BCUT2D eigenvalue weighted by atomic mass is 19.1. The Morgan fingerprint density at radius 2 is 2.27 bits per heavy atom. The lowest BCUT2D eigenvalue weighted by Gasteiger charge is -1.99. The third kappa shape index (κ3) is 1.56. The number of carbonyl (C=O) groups excluding carboxylic acids is 1. The lowest BCUT2D eigenvalue weighted by molar-refractivity contribution is 0.0602. The van der Waals surface area contributed by atoms with Crippen molar-refractivity contribution < 1.29 is 18.3 Å². The summed E-state index contributed by atoms with van der Waals surface area (Å²) < 4.78 is 22.8. The number of rotatable bonds is 1. The fourth-order valence-electron chi connectivity index (χ4n) is 1.37. The molecule has 2 aromatic rings. The van der Waals surface area contributed by atoms with Crippen LogP contribution in [0.25, 0.3) is 11.1 Å². The van der Waals surface area contributed by atoms with Crippen molar-refractivity contribution in [2.45, 2.75) is 6.92 Å². The Kier molecular flexibility index (Phi) is 2.15. The smallest absolute Gasteiger partial charge is 0.340 e. The first-order chi connectivity index (χ1) is 7.11. The quantitative estimate of drug-likeness (QED) is 0.674. The maximum Gasteiger partial charge on any atom is 0.340 e. The van der Waals surface area contributed by atoms with E-state index in [4.69, 9.17) is 4.42 Å². The molecule has 1 aromatic heterocycles. The molecule has 0 aliphatic heterocycles. The molecule has 0 fully saturated rings. The van der Waals surface area contributed by atoms with Gasteiger partial charge in [-0.3, -0.25) is 0 Å². The number of carbonyl (C=O) groups is 1. The van der Waals surface area contributed by atoms with Gasteiger partial charge in [0.05, 0.1) is 12.7 Å². The normalized spacial score (nSPS) is 10.6. The van der Waals surface area contributed by atoms with Crippen LogP contribution < -0.4 is 0 Å². The van der Waals surface area contributed by atoms with Gasteiger partial charge in [-0.25, -0.2) is 14.2 Å².